The number of nitrogens with zero attached hydrogens (tertiary/aromatic N) is 2. The van der Waals surface area contributed by atoms with E-state index in [1.165, 1.54) is 0 Å². The van der Waals surface area contributed by atoms with Crippen molar-refractivity contribution >= 4 is 21.8 Å². The van der Waals surface area contributed by atoms with Gasteiger partial charge in [-0.05, 0) is 41.9 Å². The predicted molar refractivity (Wildman–Crippen MR) is 59.2 cm³/mol. The van der Waals surface area contributed by atoms with Gasteiger partial charge in [-0.1, -0.05) is 0 Å². The van der Waals surface area contributed by atoms with E-state index in [4.69, 9.17) is 0 Å². The molecule has 14 heavy (non-hydrogen) atoms. The lowest BCUT2D eigenvalue weighted by molar-refractivity contribution is 0.0766. The van der Waals surface area contributed by atoms with Crippen LogP contribution < -0.4 is 0 Å². The van der Waals surface area contributed by atoms with Gasteiger partial charge >= 0.3 is 0 Å². The summed E-state index contributed by atoms with van der Waals surface area (Å²) < 4.78 is 0.747. The molecule has 0 N–H and O–H groups in total. The number of pyridine rings is 1. The Bertz CT molecular complexity index is 324. The van der Waals surface area contributed by atoms with Crippen LogP contribution in [0.15, 0.2) is 22.8 Å². The van der Waals surface area contributed by atoms with Crippen molar-refractivity contribution in [1.29, 1.82) is 0 Å². The van der Waals surface area contributed by atoms with Crippen LogP contribution in [0.25, 0.3) is 0 Å². The summed E-state index contributed by atoms with van der Waals surface area (Å²) in [5, 5.41) is 0. The summed E-state index contributed by atoms with van der Waals surface area (Å²) in [6, 6.07) is 3.62. The number of rotatable bonds is 3. The van der Waals surface area contributed by atoms with Crippen LogP contribution in [-0.2, 0) is 0 Å². The maximum Gasteiger partial charge on any atom is 0.273 e. The van der Waals surface area contributed by atoms with Gasteiger partial charge in [0, 0.05) is 23.8 Å². The Morgan fingerprint density at radius 2 is 2.14 bits per heavy atom. The van der Waals surface area contributed by atoms with Crippen molar-refractivity contribution < 1.29 is 4.79 Å². The van der Waals surface area contributed by atoms with Gasteiger partial charge in [0.1, 0.15) is 5.69 Å². The van der Waals surface area contributed by atoms with E-state index in [1.54, 1.807) is 17.2 Å². The monoisotopic (exact) mass is 256 g/mol. The fourth-order valence-corrected chi connectivity index (χ4v) is 1.63. The van der Waals surface area contributed by atoms with Gasteiger partial charge in [0.15, 0.2) is 0 Å². The average molecular weight is 257 g/mol. The first-order valence-electron chi connectivity index (χ1n) is 4.60. The summed E-state index contributed by atoms with van der Waals surface area (Å²) in [7, 11) is 0. The van der Waals surface area contributed by atoms with Crippen LogP contribution in [-0.4, -0.2) is 28.9 Å². The van der Waals surface area contributed by atoms with Gasteiger partial charge in [-0.3, -0.25) is 4.79 Å². The minimum absolute atomic E-state index is 0.0255. The molecule has 1 rings (SSSR count). The zero-order chi connectivity index (χ0) is 10.6. The molecule has 0 aliphatic heterocycles. The van der Waals surface area contributed by atoms with Crippen molar-refractivity contribution in [2.45, 2.75) is 13.8 Å². The van der Waals surface area contributed by atoms with E-state index in [2.05, 4.69) is 20.9 Å². The first kappa shape index (κ1) is 11.2. The van der Waals surface area contributed by atoms with Gasteiger partial charge in [0.25, 0.3) is 5.91 Å². The molecule has 0 aliphatic carbocycles. The number of halogens is 1. The van der Waals surface area contributed by atoms with Gasteiger partial charge in [-0.15, -0.1) is 0 Å². The zero-order valence-electron chi connectivity index (χ0n) is 8.33. The van der Waals surface area contributed by atoms with Crippen molar-refractivity contribution in [3.63, 3.8) is 0 Å². The SMILES string of the molecule is CCN(CC)C(=O)c1ncccc1Br. The normalized spacial score (nSPS) is 9.93. The smallest absolute Gasteiger partial charge is 0.273 e. The standard InChI is InChI=1S/C10H13BrN2O/c1-3-13(4-2)10(14)9-8(11)6-5-7-12-9/h5-7H,3-4H2,1-2H3. The van der Waals surface area contributed by atoms with Gasteiger partial charge < -0.3 is 4.90 Å². The van der Waals surface area contributed by atoms with Crippen molar-refractivity contribution in [2.24, 2.45) is 0 Å². The van der Waals surface area contributed by atoms with Crippen molar-refractivity contribution in [1.82, 2.24) is 9.88 Å². The van der Waals surface area contributed by atoms with E-state index in [9.17, 15) is 4.79 Å². The lowest BCUT2D eigenvalue weighted by Gasteiger charge is -2.18. The molecule has 0 aliphatic rings. The highest BCUT2D eigenvalue weighted by atomic mass is 79.9. The van der Waals surface area contributed by atoms with E-state index in [1.807, 2.05) is 19.9 Å². The Hall–Kier alpha value is -0.900. The maximum atomic E-state index is 11.9. The lowest BCUT2D eigenvalue weighted by Crippen LogP contribution is -2.31. The average Bonchev–Trinajstić information content (AvgIpc) is 2.20. The molecule has 1 amide bonds. The van der Waals surface area contributed by atoms with Crippen LogP contribution in [0.2, 0.25) is 0 Å². The third-order valence-corrected chi connectivity index (χ3v) is 2.65. The van der Waals surface area contributed by atoms with Gasteiger partial charge in [0.05, 0.1) is 0 Å². The minimum atomic E-state index is -0.0255. The number of carbonyl (C=O) groups is 1. The van der Waals surface area contributed by atoms with Gasteiger partial charge in [0.2, 0.25) is 0 Å². The topological polar surface area (TPSA) is 33.2 Å². The number of amides is 1. The van der Waals surface area contributed by atoms with Crippen LogP contribution >= 0.6 is 15.9 Å². The van der Waals surface area contributed by atoms with Crippen LogP contribution in [0.4, 0.5) is 0 Å². The Kier molecular flexibility index (Phi) is 4.07. The Morgan fingerprint density at radius 1 is 1.50 bits per heavy atom. The second-order valence-corrected chi connectivity index (χ2v) is 3.67. The molecule has 0 bridgehead atoms. The fraction of sp³-hybridized carbons (Fsp3) is 0.400. The molecule has 0 radical (unpaired) electrons. The minimum Gasteiger partial charge on any atom is -0.338 e. The molecule has 0 atom stereocenters. The molecule has 0 fully saturated rings. The van der Waals surface area contributed by atoms with E-state index in [-0.39, 0.29) is 5.91 Å². The third kappa shape index (κ3) is 2.32. The van der Waals surface area contributed by atoms with Gasteiger partial charge in [-0.25, -0.2) is 4.98 Å². The highest BCUT2D eigenvalue weighted by Gasteiger charge is 2.15. The summed E-state index contributed by atoms with van der Waals surface area (Å²) in [6.07, 6.45) is 1.63. The molecule has 0 saturated carbocycles. The highest BCUT2D eigenvalue weighted by molar-refractivity contribution is 9.10. The van der Waals surface area contributed by atoms with Gasteiger partial charge in [-0.2, -0.15) is 0 Å². The molecule has 0 aromatic carbocycles. The van der Waals surface area contributed by atoms with E-state index < -0.39 is 0 Å². The largest absolute Gasteiger partial charge is 0.338 e. The molecule has 3 nitrogen and oxygen atoms in total. The van der Waals surface area contributed by atoms with Crippen molar-refractivity contribution in [3.05, 3.63) is 28.5 Å². The van der Waals surface area contributed by atoms with Crippen LogP contribution in [0.3, 0.4) is 0 Å². The van der Waals surface area contributed by atoms with E-state index in [0.717, 1.165) is 4.47 Å². The highest BCUT2D eigenvalue weighted by Crippen LogP contribution is 2.15. The molecule has 4 heteroatoms. The summed E-state index contributed by atoms with van der Waals surface area (Å²) >= 11 is 3.31. The number of hydrogen-bond donors (Lipinski definition) is 0. The number of carbonyl (C=O) groups excluding carboxylic acids is 1. The molecule has 76 valence electrons. The molecule has 0 saturated heterocycles. The molecular weight excluding hydrogens is 244 g/mol. The summed E-state index contributed by atoms with van der Waals surface area (Å²) in [5.74, 6) is -0.0255. The Balaban J connectivity index is 2.94. The number of hydrogen-bond acceptors (Lipinski definition) is 2. The van der Waals surface area contributed by atoms with Crippen molar-refractivity contribution in [2.75, 3.05) is 13.1 Å². The van der Waals surface area contributed by atoms with E-state index in [0.29, 0.717) is 18.8 Å². The Morgan fingerprint density at radius 3 is 2.64 bits per heavy atom. The van der Waals surface area contributed by atoms with Crippen molar-refractivity contribution in [3.8, 4) is 0 Å². The summed E-state index contributed by atoms with van der Waals surface area (Å²) in [4.78, 5) is 17.7. The van der Waals surface area contributed by atoms with Crippen LogP contribution in [0, 0.1) is 0 Å². The fourth-order valence-electron chi connectivity index (χ4n) is 1.20. The zero-order valence-corrected chi connectivity index (χ0v) is 9.91. The molecular formula is C10H13BrN2O. The predicted octanol–water partition coefficient (Wildman–Crippen LogP) is 2.33. The molecule has 1 aromatic rings. The Labute approximate surface area is 92.3 Å². The lowest BCUT2D eigenvalue weighted by atomic mass is 10.3. The quantitative estimate of drug-likeness (QED) is 0.832. The summed E-state index contributed by atoms with van der Waals surface area (Å²) in [5.41, 5.74) is 0.483. The van der Waals surface area contributed by atoms with Crippen LogP contribution in [0.1, 0.15) is 24.3 Å². The molecule has 0 spiro atoms. The van der Waals surface area contributed by atoms with Crippen LogP contribution in [0.5, 0.6) is 0 Å². The molecule has 0 unspecified atom stereocenters. The molecule has 1 aromatic heterocycles. The third-order valence-electron chi connectivity index (χ3n) is 2.01. The second-order valence-electron chi connectivity index (χ2n) is 2.81. The first-order valence-corrected chi connectivity index (χ1v) is 5.39. The summed E-state index contributed by atoms with van der Waals surface area (Å²) in [6.45, 7) is 5.33. The first-order chi connectivity index (χ1) is 6.70. The van der Waals surface area contributed by atoms with E-state index >= 15 is 0 Å². The molecule has 1 heterocycles. The second kappa shape index (κ2) is 5.10. The maximum absolute atomic E-state index is 11.9. The number of aromatic nitrogens is 1.